The van der Waals surface area contributed by atoms with Crippen LogP contribution in [0.25, 0.3) is 0 Å². The van der Waals surface area contributed by atoms with Crippen LogP contribution >= 0.6 is 0 Å². The van der Waals surface area contributed by atoms with Crippen molar-refractivity contribution in [3.63, 3.8) is 0 Å². The summed E-state index contributed by atoms with van der Waals surface area (Å²) in [5.74, 6) is -4.87. The maximum Gasteiger partial charge on any atom is 0.471 e. The number of amides is 1. The van der Waals surface area contributed by atoms with Gasteiger partial charge in [-0.2, -0.15) is 13.2 Å². The zero-order valence-corrected chi connectivity index (χ0v) is 17.8. The van der Waals surface area contributed by atoms with E-state index in [0.717, 1.165) is 20.8 Å². The Hall–Kier alpha value is -2.67. The monoisotopic (exact) mass is 469 g/mol. The molecule has 10 nitrogen and oxygen atoms in total. The minimum absolute atomic E-state index is 0.0135. The summed E-state index contributed by atoms with van der Waals surface area (Å²) in [5, 5.41) is 1.68. The Bertz CT molecular complexity index is 698. The van der Waals surface area contributed by atoms with Crippen molar-refractivity contribution >= 4 is 23.8 Å². The molecule has 13 heteroatoms. The summed E-state index contributed by atoms with van der Waals surface area (Å²) in [4.78, 5) is 46.1. The standard InChI is InChI=1S/C19H26F3NO9/c1-5-6-7-8-28-17-14(23-18(27)19(20,21)22)16(31-12(4)26)15(30-11(3)25)13(32-17)9-29-10(2)24/h5,13-17H,1,6-9H2,2-4H3,(H,23,27)/t13-,14-,15-,16-,17-/m1/s1. The molecule has 5 atom stereocenters. The molecular weight excluding hydrogens is 443 g/mol. The molecule has 32 heavy (non-hydrogen) atoms. The lowest BCUT2D eigenvalue weighted by Crippen LogP contribution is -2.67. The molecule has 0 spiro atoms. The molecule has 1 heterocycles. The first-order chi connectivity index (χ1) is 14.9. The Kier molecular flexibility index (Phi) is 10.6. The number of unbranched alkanes of at least 4 members (excludes halogenated alkanes) is 1. The molecule has 1 aliphatic heterocycles. The van der Waals surface area contributed by atoms with E-state index < -0.39 is 67.2 Å². The predicted octanol–water partition coefficient (Wildman–Crippen LogP) is 1.17. The molecule has 0 aromatic heterocycles. The zero-order valence-electron chi connectivity index (χ0n) is 17.8. The molecule has 1 aliphatic rings. The van der Waals surface area contributed by atoms with Crippen LogP contribution in [-0.2, 0) is 42.9 Å². The van der Waals surface area contributed by atoms with Crippen molar-refractivity contribution in [2.24, 2.45) is 0 Å². The van der Waals surface area contributed by atoms with Crippen LogP contribution < -0.4 is 5.32 Å². The molecule has 0 aliphatic carbocycles. The highest BCUT2D eigenvalue weighted by Gasteiger charge is 2.53. The van der Waals surface area contributed by atoms with Gasteiger partial charge in [0.05, 0.1) is 6.61 Å². The van der Waals surface area contributed by atoms with Gasteiger partial charge in [-0.25, -0.2) is 0 Å². The third kappa shape index (κ3) is 8.83. The SMILES string of the molecule is C=CCCCO[C@@H]1O[C@H](COC(C)=O)[C@@H](OC(C)=O)[C@H](OC(C)=O)[C@H]1NC(=O)C(F)(F)F. The number of rotatable bonds is 10. The van der Waals surface area contributed by atoms with E-state index in [1.165, 1.54) is 0 Å². The first kappa shape index (κ1) is 27.4. The van der Waals surface area contributed by atoms with E-state index >= 15 is 0 Å². The fourth-order valence-electron chi connectivity index (χ4n) is 2.86. The van der Waals surface area contributed by atoms with Crippen LogP contribution in [0.4, 0.5) is 13.2 Å². The average molecular weight is 469 g/mol. The number of carbonyl (C=O) groups excluding carboxylic acids is 4. The van der Waals surface area contributed by atoms with Crippen molar-refractivity contribution in [2.45, 2.75) is 70.4 Å². The van der Waals surface area contributed by atoms with Crippen molar-refractivity contribution in [3.05, 3.63) is 12.7 Å². The highest BCUT2D eigenvalue weighted by molar-refractivity contribution is 5.82. The Balaban J connectivity index is 3.32. The van der Waals surface area contributed by atoms with Crippen LogP contribution in [0.5, 0.6) is 0 Å². The lowest BCUT2D eigenvalue weighted by molar-refractivity contribution is -0.279. The first-order valence-corrected chi connectivity index (χ1v) is 9.60. The lowest BCUT2D eigenvalue weighted by atomic mass is 9.96. The number of hydrogen-bond acceptors (Lipinski definition) is 9. The summed E-state index contributed by atoms with van der Waals surface area (Å²) >= 11 is 0. The summed E-state index contributed by atoms with van der Waals surface area (Å²) in [7, 11) is 0. The predicted molar refractivity (Wildman–Crippen MR) is 99.8 cm³/mol. The molecule has 1 fully saturated rings. The number of carbonyl (C=O) groups is 4. The molecule has 1 saturated heterocycles. The molecule has 1 N–H and O–H groups in total. The molecule has 182 valence electrons. The third-order valence-corrected chi connectivity index (χ3v) is 4.09. The fourth-order valence-corrected chi connectivity index (χ4v) is 2.86. The van der Waals surface area contributed by atoms with Crippen molar-refractivity contribution in [2.75, 3.05) is 13.2 Å². The molecular formula is C19H26F3NO9. The van der Waals surface area contributed by atoms with E-state index in [2.05, 4.69) is 6.58 Å². The van der Waals surface area contributed by atoms with Crippen LogP contribution in [0.3, 0.4) is 0 Å². The highest BCUT2D eigenvalue weighted by atomic mass is 19.4. The van der Waals surface area contributed by atoms with E-state index in [9.17, 15) is 32.3 Å². The van der Waals surface area contributed by atoms with E-state index in [-0.39, 0.29) is 6.61 Å². The molecule has 0 aromatic carbocycles. The second-order valence-electron chi connectivity index (χ2n) is 6.79. The number of esters is 3. The molecule has 0 aromatic rings. The van der Waals surface area contributed by atoms with Gasteiger partial charge < -0.3 is 29.0 Å². The normalized spacial score (nSPS) is 25.4. The van der Waals surface area contributed by atoms with Crippen LogP contribution in [0.1, 0.15) is 33.6 Å². The van der Waals surface area contributed by atoms with Gasteiger partial charge in [0.1, 0.15) is 18.8 Å². The quantitative estimate of drug-likeness (QED) is 0.217. The number of ether oxygens (including phenoxy) is 5. The Labute approximate surface area is 182 Å². The summed E-state index contributed by atoms with van der Waals surface area (Å²) in [5.41, 5.74) is 0. The number of allylic oxidation sites excluding steroid dienone is 1. The summed E-state index contributed by atoms with van der Waals surface area (Å²) < 4.78 is 64.9. The first-order valence-electron chi connectivity index (χ1n) is 9.60. The Morgan fingerprint density at radius 2 is 1.62 bits per heavy atom. The van der Waals surface area contributed by atoms with Gasteiger partial charge in [-0.3, -0.25) is 19.2 Å². The largest absolute Gasteiger partial charge is 0.471 e. The minimum Gasteiger partial charge on any atom is -0.463 e. The number of halogens is 3. The van der Waals surface area contributed by atoms with E-state index in [4.69, 9.17) is 23.7 Å². The average Bonchev–Trinajstić information content (AvgIpc) is 2.66. The third-order valence-electron chi connectivity index (χ3n) is 4.09. The minimum atomic E-state index is -5.26. The molecule has 0 saturated carbocycles. The topological polar surface area (TPSA) is 126 Å². The summed E-state index contributed by atoms with van der Waals surface area (Å²) in [6.07, 6.45) is -8.70. The van der Waals surface area contributed by atoms with E-state index in [1.54, 1.807) is 11.4 Å². The van der Waals surface area contributed by atoms with Gasteiger partial charge in [-0.15, -0.1) is 6.58 Å². The van der Waals surface area contributed by atoms with Gasteiger partial charge in [0.25, 0.3) is 0 Å². The van der Waals surface area contributed by atoms with Crippen molar-refractivity contribution in [3.8, 4) is 0 Å². The van der Waals surface area contributed by atoms with Gasteiger partial charge in [0, 0.05) is 20.8 Å². The van der Waals surface area contributed by atoms with Crippen LogP contribution in [0.2, 0.25) is 0 Å². The van der Waals surface area contributed by atoms with Crippen molar-refractivity contribution in [1.29, 1.82) is 0 Å². The van der Waals surface area contributed by atoms with Gasteiger partial charge in [-0.1, -0.05) is 6.08 Å². The van der Waals surface area contributed by atoms with E-state index in [0.29, 0.717) is 12.8 Å². The van der Waals surface area contributed by atoms with Gasteiger partial charge in [0.15, 0.2) is 18.5 Å². The summed E-state index contributed by atoms with van der Waals surface area (Å²) in [6, 6.07) is -1.70. The second kappa shape index (κ2) is 12.4. The summed E-state index contributed by atoms with van der Waals surface area (Å²) in [6.45, 7) is 6.12. The van der Waals surface area contributed by atoms with Crippen LogP contribution in [0.15, 0.2) is 12.7 Å². The fraction of sp³-hybridized carbons (Fsp3) is 0.684. The molecule has 0 unspecified atom stereocenters. The maximum absolute atomic E-state index is 12.9. The zero-order chi connectivity index (χ0) is 24.5. The van der Waals surface area contributed by atoms with Crippen molar-refractivity contribution in [1.82, 2.24) is 5.32 Å². The lowest BCUT2D eigenvalue weighted by Gasteiger charge is -2.45. The molecule has 1 amide bonds. The molecule has 0 radical (unpaired) electrons. The smallest absolute Gasteiger partial charge is 0.463 e. The number of alkyl halides is 3. The maximum atomic E-state index is 12.9. The van der Waals surface area contributed by atoms with Crippen LogP contribution in [0, 0.1) is 0 Å². The van der Waals surface area contributed by atoms with Gasteiger partial charge >= 0.3 is 30.0 Å². The van der Waals surface area contributed by atoms with E-state index in [1.807, 2.05) is 0 Å². The number of hydrogen-bond donors (Lipinski definition) is 1. The Morgan fingerprint density at radius 3 is 2.12 bits per heavy atom. The van der Waals surface area contributed by atoms with Crippen molar-refractivity contribution < 1.29 is 56.0 Å². The van der Waals surface area contributed by atoms with Gasteiger partial charge in [-0.05, 0) is 12.8 Å². The molecule has 0 bridgehead atoms. The van der Waals surface area contributed by atoms with Gasteiger partial charge in [0.2, 0.25) is 0 Å². The highest BCUT2D eigenvalue weighted by Crippen LogP contribution is 2.29. The molecule has 1 rings (SSSR count). The Morgan fingerprint density at radius 1 is 1.03 bits per heavy atom. The van der Waals surface area contributed by atoms with Crippen LogP contribution in [-0.4, -0.2) is 73.8 Å². The number of nitrogens with one attached hydrogen (secondary N) is 1. The second-order valence-corrected chi connectivity index (χ2v) is 6.79.